The lowest BCUT2D eigenvalue weighted by molar-refractivity contribution is -0.137. The van der Waals surface area contributed by atoms with Crippen molar-refractivity contribution < 1.29 is 9.90 Å². The van der Waals surface area contributed by atoms with E-state index in [1.807, 2.05) is 0 Å². The summed E-state index contributed by atoms with van der Waals surface area (Å²) in [6.07, 6.45) is 29.0. The molecule has 176 valence electrons. The maximum atomic E-state index is 10.4. The molecule has 0 aromatic heterocycles. The second-order valence-electron chi connectivity index (χ2n) is 11.0. The van der Waals surface area contributed by atoms with Crippen molar-refractivity contribution in [1.29, 1.82) is 0 Å². The average molecular weight is 421 g/mol. The second-order valence-corrected chi connectivity index (χ2v) is 11.0. The first-order valence-electron chi connectivity index (χ1n) is 13.3. The summed E-state index contributed by atoms with van der Waals surface area (Å²) in [6, 6.07) is 0. The Hall–Kier alpha value is -0.790. The quantitative estimate of drug-likeness (QED) is 0.188. The van der Waals surface area contributed by atoms with Gasteiger partial charge in [-0.15, -0.1) is 0 Å². The molecule has 30 heavy (non-hydrogen) atoms. The van der Waals surface area contributed by atoms with Gasteiger partial charge in [-0.3, -0.25) is 4.79 Å². The maximum Gasteiger partial charge on any atom is 0.303 e. The van der Waals surface area contributed by atoms with Gasteiger partial charge in [0.2, 0.25) is 0 Å². The molecule has 2 nitrogen and oxygen atoms in total. The molecule has 0 aromatic rings. The van der Waals surface area contributed by atoms with Gasteiger partial charge in [-0.2, -0.15) is 0 Å². The fraction of sp³-hybridized carbons (Fsp3) is 0.893. The molecule has 0 aromatic carbocycles. The van der Waals surface area contributed by atoms with E-state index in [9.17, 15) is 4.79 Å². The largest absolute Gasteiger partial charge is 0.481 e. The minimum atomic E-state index is -0.660. The molecule has 2 heteroatoms. The summed E-state index contributed by atoms with van der Waals surface area (Å²) < 4.78 is 0. The van der Waals surface area contributed by atoms with E-state index >= 15 is 0 Å². The molecule has 0 bridgehead atoms. The van der Waals surface area contributed by atoms with Crippen LogP contribution in [-0.2, 0) is 4.79 Å². The van der Waals surface area contributed by atoms with Crippen molar-refractivity contribution in [3.8, 4) is 0 Å². The molecule has 0 amide bonds. The molecular weight excluding hydrogens is 368 g/mol. The van der Waals surface area contributed by atoms with Gasteiger partial charge in [0.05, 0.1) is 0 Å². The topological polar surface area (TPSA) is 37.3 Å². The highest BCUT2D eigenvalue weighted by Crippen LogP contribution is 2.41. The van der Waals surface area contributed by atoms with Crippen molar-refractivity contribution in [2.75, 3.05) is 0 Å². The van der Waals surface area contributed by atoms with Gasteiger partial charge >= 0.3 is 5.97 Å². The third-order valence-corrected chi connectivity index (χ3v) is 7.23. The molecule has 0 saturated heterocycles. The van der Waals surface area contributed by atoms with E-state index in [2.05, 4.69) is 32.9 Å². The number of aliphatic carboxylic acids is 1. The van der Waals surface area contributed by atoms with Gasteiger partial charge in [-0.1, -0.05) is 104 Å². The highest BCUT2D eigenvalue weighted by atomic mass is 16.4. The molecule has 0 radical (unpaired) electrons. The van der Waals surface area contributed by atoms with Gasteiger partial charge in [0, 0.05) is 6.42 Å². The van der Waals surface area contributed by atoms with E-state index in [1.165, 1.54) is 103 Å². The molecule has 1 saturated carbocycles. The minimum absolute atomic E-state index is 0.332. The van der Waals surface area contributed by atoms with Gasteiger partial charge in [0.25, 0.3) is 0 Å². The standard InChI is InChI=1S/C28H52O2/c1-28(2,3)26-23-21-25(22-24-26)19-17-15-13-11-9-7-5-4-6-8-10-12-14-16-18-20-27(29)30/h4,6,25-26H,5,7-24H2,1-3H3,(H,29,30)/b6-4-. The number of rotatable bonds is 17. The highest BCUT2D eigenvalue weighted by Gasteiger charge is 2.29. The molecule has 1 aliphatic carbocycles. The molecule has 1 fully saturated rings. The lowest BCUT2D eigenvalue weighted by atomic mass is 9.69. The normalized spacial score (nSPS) is 20.1. The van der Waals surface area contributed by atoms with E-state index in [0.717, 1.165) is 24.7 Å². The van der Waals surface area contributed by atoms with E-state index in [1.54, 1.807) is 0 Å². The fourth-order valence-corrected chi connectivity index (χ4v) is 5.02. The summed E-state index contributed by atoms with van der Waals surface area (Å²) in [5, 5.41) is 8.60. The number of carboxylic acids is 1. The van der Waals surface area contributed by atoms with Gasteiger partial charge in [-0.25, -0.2) is 0 Å². The predicted molar refractivity (Wildman–Crippen MR) is 131 cm³/mol. The maximum absolute atomic E-state index is 10.4. The zero-order chi connectivity index (χ0) is 22.1. The number of carbonyl (C=O) groups is 1. The van der Waals surface area contributed by atoms with Crippen LogP contribution in [0, 0.1) is 17.3 Å². The van der Waals surface area contributed by atoms with Gasteiger partial charge in [0.1, 0.15) is 0 Å². The third-order valence-electron chi connectivity index (χ3n) is 7.23. The van der Waals surface area contributed by atoms with Crippen LogP contribution in [0.25, 0.3) is 0 Å². The van der Waals surface area contributed by atoms with Crippen LogP contribution in [0.1, 0.15) is 143 Å². The summed E-state index contributed by atoms with van der Waals surface area (Å²) in [4.78, 5) is 10.4. The first-order chi connectivity index (χ1) is 14.4. The minimum Gasteiger partial charge on any atom is -0.481 e. The Labute approximate surface area is 188 Å². The van der Waals surface area contributed by atoms with Gasteiger partial charge < -0.3 is 5.11 Å². The summed E-state index contributed by atoms with van der Waals surface area (Å²) in [6.45, 7) is 7.26. The molecule has 0 spiro atoms. The Kier molecular flexibility index (Phi) is 15.3. The van der Waals surface area contributed by atoms with Crippen molar-refractivity contribution in [3.63, 3.8) is 0 Å². The second kappa shape index (κ2) is 16.8. The molecule has 0 atom stereocenters. The molecule has 0 aliphatic heterocycles. The lowest BCUT2D eigenvalue weighted by Gasteiger charge is -2.37. The average Bonchev–Trinajstić information content (AvgIpc) is 2.69. The van der Waals surface area contributed by atoms with Crippen molar-refractivity contribution in [2.24, 2.45) is 17.3 Å². The van der Waals surface area contributed by atoms with Crippen molar-refractivity contribution >= 4 is 5.97 Å². The smallest absolute Gasteiger partial charge is 0.303 e. The number of hydrogen-bond donors (Lipinski definition) is 1. The van der Waals surface area contributed by atoms with Crippen LogP contribution < -0.4 is 0 Å². The Balaban J connectivity index is 1.80. The van der Waals surface area contributed by atoms with Crippen LogP contribution in [-0.4, -0.2) is 11.1 Å². The lowest BCUT2D eigenvalue weighted by Crippen LogP contribution is -2.25. The van der Waals surface area contributed by atoms with Crippen molar-refractivity contribution in [2.45, 2.75) is 143 Å². The number of hydrogen-bond acceptors (Lipinski definition) is 1. The summed E-state index contributed by atoms with van der Waals surface area (Å²) in [5.74, 6) is 1.32. The Morgan fingerprint density at radius 3 is 1.70 bits per heavy atom. The van der Waals surface area contributed by atoms with E-state index < -0.39 is 5.97 Å². The van der Waals surface area contributed by atoms with E-state index in [4.69, 9.17) is 5.11 Å². The summed E-state index contributed by atoms with van der Waals surface area (Å²) in [7, 11) is 0. The first kappa shape index (κ1) is 27.2. The van der Waals surface area contributed by atoms with E-state index in [-0.39, 0.29) is 0 Å². The first-order valence-corrected chi connectivity index (χ1v) is 13.3. The highest BCUT2D eigenvalue weighted by molar-refractivity contribution is 5.66. The van der Waals surface area contributed by atoms with Crippen LogP contribution in [0.3, 0.4) is 0 Å². The molecule has 1 aliphatic rings. The van der Waals surface area contributed by atoms with Gasteiger partial charge in [-0.05, 0) is 62.2 Å². The van der Waals surface area contributed by atoms with Crippen LogP contribution in [0.2, 0.25) is 0 Å². The molecule has 1 N–H and O–H groups in total. The number of carboxylic acid groups (broad SMARTS) is 1. The zero-order valence-corrected chi connectivity index (χ0v) is 20.6. The van der Waals surface area contributed by atoms with Crippen molar-refractivity contribution in [1.82, 2.24) is 0 Å². The number of allylic oxidation sites excluding steroid dienone is 2. The molecule has 0 heterocycles. The van der Waals surface area contributed by atoms with E-state index in [0.29, 0.717) is 11.8 Å². The monoisotopic (exact) mass is 420 g/mol. The van der Waals surface area contributed by atoms with Crippen LogP contribution in [0.5, 0.6) is 0 Å². The third kappa shape index (κ3) is 15.1. The molecule has 1 rings (SSSR count). The zero-order valence-electron chi connectivity index (χ0n) is 20.6. The Bertz CT molecular complexity index is 438. The Morgan fingerprint density at radius 2 is 1.20 bits per heavy atom. The van der Waals surface area contributed by atoms with Gasteiger partial charge in [0.15, 0.2) is 0 Å². The van der Waals surface area contributed by atoms with Crippen LogP contribution in [0.15, 0.2) is 12.2 Å². The summed E-state index contributed by atoms with van der Waals surface area (Å²) >= 11 is 0. The fourth-order valence-electron chi connectivity index (χ4n) is 5.02. The molecule has 0 unspecified atom stereocenters. The SMILES string of the molecule is CC(C)(C)C1CCC(CCCCCCCC/C=C\CCCCCCCC(=O)O)CC1. The Morgan fingerprint density at radius 1 is 0.733 bits per heavy atom. The summed E-state index contributed by atoms with van der Waals surface area (Å²) in [5.41, 5.74) is 0.519. The van der Waals surface area contributed by atoms with Crippen LogP contribution in [0.4, 0.5) is 0 Å². The molecular formula is C28H52O2. The predicted octanol–water partition coefficient (Wildman–Crippen LogP) is 9.33. The number of unbranched alkanes of at least 4 members (excludes halogenated alkanes) is 11. The van der Waals surface area contributed by atoms with Crippen molar-refractivity contribution in [3.05, 3.63) is 12.2 Å². The van der Waals surface area contributed by atoms with Crippen LogP contribution >= 0.6 is 0 Å².